The maximum atomic E-state index is 6.32. The van der Waals surface area contributed by atoms with E-state index >= 15 is 0 Å². The van der Waals surface area contributed by atoms with Crippen molar-refractivity contribution < 1.29 is 0 Å². The maximum Gasteiger partial charge on any atom is 0.165 e. The fraction of sp³-hybridized carbons (Fsp3) is 0.467. The van der Waals surface area contributed by atoms with E-state index in [2.05, 4.69) is 14.8 Å². The van der Waals surface area contributed by atoms with Gasteiger partial charge in [0, 0.05) is 17.3 Å². The van der Waals surface area contributed by atoms with Crippen LogP contribution in [-0.2, 0) is 0 Å². The zero-order valence-corrected chi connectivity index (χ0v) is 12.4. The number of hydrogen-bond donors (Lipinski definition) is 1. The lowest BCUT2D eigenvalue weighted by Gasteiger charge is -2.25. The molecule has 1 aromatic carbocycles. The number of anilines is 1. The van der Waals surface area contributed by atoms with Crippen molar-refractivity contribution in [2.75, 3.05) is 5.73 Å². The van der Waals surface area contributed by atoms with Gasteiger partial charge in [-0.3, -0.25) is 0 Å². The number of aromatic nitrogens is 3. The Morgan fingerprint density at radius 2 is 1.95 bits per heavy atom. The quantitative estimate of drug-likeness (QED) is 0.851. The number of nitrogens with zero attached hydrogens (tertiary/aromatic N) is 3. The van der Waals surface area contributed by atoms with Crippen molar-refractivity contribution in [3.05, 3.63) is 29.0 Å². The van der Waals surface area contributed by atoms with Crippen LogP contribution >= 0.6 is 11.6 Å². The molecule has 0 saturated heterocycles. The highest BCUT2D eigenvalue weighted by Crippen LogP contribution is 2.35. The van der Waals surface area contributed by atoms with Gasteiger partial charge >= 0.3 is 0 Å². The van der Waals surface area contributed by atoms with E-state index < -0.39 is 0 Å². The molecule has 20 heavy (non-hydrogen) atoms. The average molecular weight is 291 g/mol. The van der Waals surface area contributed by atoms with Crippen LogP contribution in [0.25, 0.3) is 11.4 Å². The van der Waals surface area contributed by atoms with Crippen molar-refractivity contribution in [1.29, 1.82) is 0 Å². The molecule has 2 N–H and O–H groups in total. The van der Waals surface area contributed by atoms with Crippen molar-refractivity contribution >= 4 is 17.3 Å². The molecule has 0 amide bonds. The summed E-state index contributed by atoms with van der Waals surface area (Å²) in [6, 6.07) is 6.05. The lowest BCUT2D eigenvalue weighted by atomic mass is 9.95. The first kappa shape index (κ1) is 13.4. The topological polar surface area (TPSA) is 56.7 Å². The third kappa shape index (κ3) is 2.40. The Hall–Kier alpha value is -1.55. The molecule has 0 radical (unpaired) electrons. The number of hydrogen-bond acceptors (Lipinski definition) is 3. The van der Waals surface area contributed by atoms with Gasteiger partial charge in [-0.15, -0.1) is 10.2 Å². The molecule has 1 heterocycles. The molecule has 3 rings (SSSR count). The Labute approximate surface area is 124 Å². The predicted molar refractivity (Wildman–Crippen MR) is 81.7 cm³/mol. The van der Waals surface area contributed by atoms with Crippen LogP contribution in [0.4, 0.5) is 5.69 Å². The molecule has 1 aliphatic rings. The summed E-state index contributed by atoms with van der Waals surface area (Å²) in [7, 11) is 0. The predicted octanol–water partition coefficient (Wildman–Crippen LogP) is 3.99. The van der Waals surface area contributed by atoms with Gasteiger partial charge in [-0.05, 0) is 38.0 Å². The molecule has 1 aromatic heterocycles. The highest BCUT2D eigenvalue weighted by atomic mass is 35.5. The van der Waals surface area contributed by atoms with Gasteiger partial charge in [0.05, 0.1) is 5.02 Å². The molecule has 0 spiro atoms. The fourth-order valence-electron chi connectivity index (χ4n) is 3.04. The standard InChI is InChI=1S/C15H19ClN4/c1-10-18-19-15(13-8-7-11(17)9-14(13)16)20(10)12-5-3-2-4-6-12/h7-9,12H,2-6,17H2,1H3. The Bertz CT molecular complexity index is 614. The highest BCUT2D eigenvalue weighted by Gasteiger charge is 2.22. The zero-order chi connectivity index (χ0) is 14.1. The van der Waals surface area contributed by atoms with E-state index in [0.717, 1.165) is 17.2 Å². The van der Waals surface area contributed by atoms with E-state index in [0.29, 0.717) is 16.8 Å². The molecule has 0 atom stereocenters. The van der Waals surface area contributed by atoms with Crippen LogP contribution in [-0.4, -0.2) is 14.8 Å². The van der Waals surface area contributed by atoms with Gasteiger partial charge in [-0.1, -0.05) is 30.9 Å². The third-order valence-corrected chi connectivity index (χ3v) is 4.35. The summed E-state index contributed by atoms with van der Waals surface area (Å²) in [6.45, 7) is 2.01. The lowest BCUT2D eigenvalue weighted by molar-refractivity contribution is 0.350. The summed E-state index contributed by atoms with van der Waals surface area (Å²) in [5, 5.41) is 9.23. The normalized spacial score (nSPS) is 16.5. The minimum absolute atomic E-state index is 0.488. The number of halogens is 1. The number of nitrogens with two attached hydrogens (primary N) is 1. The molecule has 106 valence electrons. The largest absolute Gasteiger partial charge is 0.399 e. The van der Waals surface area contributed by atoms with Crippen molar-refractivity contribution in [1.82, 2.24) is 14.8 Å². The highest BCUT2D eigenvalue weighted by molar-refractivity contribution is 6.33. The van der Waals surface area contributed by atoms with Crippen LogP contribution in [0.15, 0.2) is 18.2 Å². The van der Waals surface area contributed by atoms with E-state index in [-0.39, 0.29) is 0 Å². The Morgan fingerprint density at radius 1 is 1.20 bits per heavy atom. The molecular formula is C15H19ClN4. The van der Waals surface area contributed by atoms with E-state index in [1.54, 1.807) is 6.07 Å². The summed E-state index contributed by atoms with van der Waals surface area (Å²) >= 11 is 6.32. The molecule has 4 nitrogen and oxygen atoms in total. The molecule has 5 heteroatoms. The second kappa shape index (κ2) is 5.44. The van der Waals surface area contributed by atoms with Gasteiger partial charge in [-0.25, -0.2) is 0 Å². The van der Waals surface area contributed by atoms with Gasteiger partial charge in [0.2, 0.25) is 0 Å². The summed E-state index contributed by atoms with van der Waals surface area (Å²) in [5.41, 5.74) is 7.34. The van der Waals surface area contributed by atoms with Crippen LogP contribution in [0.1, 0.15) is 44.0 Å². The number of aryl methyl sites for hydroxylation is 1. The molecule has 0 bridgehead atoms. The van der Waals surface area contributed by atoms with E-state index in [1.165, 1.54) is 32.1 Å². The Morgan fingerprint density at radius 3 is 2.65 bits per heavy atom. The Balaban J connectivity index is 2.05. The average Bonchev–Trinajstić information content (AvgIpc) is 2.81. The Kier molecular flexibility index (Phi) is 3.66. The van der Waals surface area contributed by atoms with Gasteiger partial charge < -0.3 is 10.3 Å². The summed E-state index contributed by atoms with van der Waals surface area (Å²) in [5.74, 6) is 1.82. The molecule has 1 saturated carbocycles. The smallest absolute Gasteiger partial charge is 0.165 e. The second-order valence-electron chi connectivity index (χ2n) is 5.47. The minimum Gasteiger partial charge on any atom is -0.399 e. The van der Waals surface area contributed by atoms with Gasteiger partial charge in [0.1, 0.15) is 5.82 Å². The second-order valence-corrected chi connectivity index (χ2v) is 5.88. The molecule has 0 unspecified atom stereocenters. The van der Waals surface area contributed by atoms with Crippen molar-refractivity contribution in [3.8, 4) is 11.4 Å². The number of benzene rings is 1. The zero-order valence-electron chi connectivity index (χ0n) is 11.6. The number of nitrogen functional groups attached to an aromatic ring is 1. The van der Waals surface area contributed by atoms with Crippen molar-refractivity contribution in [2.24, 2.45) is 0 Å². The van der Waals surface area contributed by atoms with Crippen LogP contribution < -0.4 is 5.73 Å². The van der Waals surface area contributed by atoms with Crippen molar-refractivity contribution in [2.45, 2.75) is 45.1 Å². The van der Waals surface area contributed by atoms with Crippen LogP contribution in [0.3, 0.4) is 0 Å². The van der Waals surface area contributed by atoms with Gasteiger partial charge in [0.15, 0.2) is 5.82 Å². The summed E-state index contributed by atoms with van der Waals surface area (Å²) in [6.07, 6.45) is 6.26. The molecular weight excluding hydrogens is 272 g/mol. The fourth-order valence-corrected chi connectivity index (χ4v) is 3.32. The third-order valence-electron chi connectivity index (χ3n) is 4.04. The first-order chi connectivity index (χ1) is 9.66. The first-order valence-electron chi connectivity index (χ1n) is 7.13. The van der Waals surface area contributed by atoms with E-state index in [1.807, 2.05) is 19.1 Å². The number of rotatable bonds is 2. The summed E-state index contributed by atoms with van der Waals surface area (Å²) < 4.78 is 2.25. The van der Waals surface area contributed by atoms with Crippen LogP contribution in [0.5, 0.6) is 0 Å². The minimum atomic E-state index is 0.488. The first-order valence-corrected chi connectivity index (χ1v) is 7.51. The lowest BCUT2D eigenvalue weighted by Crippen LogP contribution is -2.15. The van der Waals surface area contributed by atoms with Crippen LogP contribution in [0, 0.1) is 6.92 Å². The van der Waals surface area contributed by atoms with Crippen molar-refractivity contribution in [3.63, 3.8) is 0 Å². The molecule has 1 fully saturated rings. The maximum absolute atomic E-state index is 6.32. The molecule has 2 aromatic rings. The van der Waals surface area contributed by atoms with E-state index in [9.17, 15) is 0 Å². The monoisotopic (exact) mass is 290 g/mol. The molecule has 1 aliphatic carbocycles. The van der Waals surface area contributed by atoms with E-state index in [4.69, 9.17) is 17.3 Å². The SMILES string of the molecule is Cc1nnc(-c2ccc(N)cc2Cl)n1C1CCCCC1. The van der Waals surface area contributed by atoms with Gasteiger partial charge in [0.25, 0.3) is 0 Å². The van der Waals surface area contributed by atoms with Gasteiger partial charge in [-0.2, -0.15) is 0 Å². The summed E-state index contributed by atoms with van der Waals surface area (Å²) in [4.78, 5) is 0. The molecule has 0 aliphatic heterocycles. The van der Waals surface area contributed by atoms with Crippen LogP contribution in [0.2, 0.25) is 5.02 Å².